The second-order valence-corrected chi connectivity index (χ2v) is 7.51. The molecule has 1 fully saturated rings. The Hall–Kier alpha value is -2.69. The van der Waals surface area contributed by atoms with E-state index >= 15 is 0 Å². The minimum absolute atomic E-state index is 0.0601. The van der Waals surface area contributed by atoms with Crippen LogP contribution in [0.5, 0.6) is 0 Å². The fourth-order valence-electron chi connectivity index (χ4n) is 2.87. The lowest BCUT2D eigenvalue weighted by Gasteiger charge is -2.17. The lowest BCUT2D eigenvalue weighted by atomic mass is 10.3. The molecule has 1 aliphatic heterocycles. The highest BCUT2D eigenvalue weighted by Crippen LogP contribution is 2.37. The molecule has 0 saturated carbocycles. The third-order valence-electron chi connectivity index (χ3n) is 4.17. The number of amides is 2. The number of nitrogens with one attached hydrogen (secondary N) is 3. The second kappa shape index (κ2) is 9.68. The molecule has 156 valence electrons. The number of halogens is 3. The smallest absolute Gasteiger partial charge is 0.370 e. The molecular formula is C18H21F3N6OS. The fourth-order valence-corrected chi connectivity index (χ4v) is 3.41. The van der Waals surface area contributed by atoms with Gasteiger partial charge in [-0.2, -0.15) is 18.3 Å². The van der Waals surface area contributed by atoms with Crippen LogP contribution in [0.1, 0.15) is 12.8 Å². The lowest BCUT2D eigenvalue weighted by molar-refractivity contribution is -0.0328. The van der Waals surface area contributed by atoms with Crippen LogP contribution in [0.3, 0.4) is 0 Å². The van der Waals surface area contributed by atoms with E-state index in [2.05, 4.69) is 31.0 Å². The molecule has 29 heavy (non-hydrogen) atoms. The summed E-state index contributed by atoms with van der Waals surface area (Å²) in [6.45, 7) is 2.82. The summed E-state index contributed by atoms with van der Waals surface area (Å²) >= 11 is -0.199. The van der Waals surface area contributed by atoms with Crippen LogP contribution in [0.25, 0.3) is 0 Å². The number of nitrogens with zero attached hydrogens (tertiary/aromatic N) is 3. The van der Waals surface area contributed by atoms with Gasteiger partial charge in [0.25, 0.3) is 0 Å². The maximum Gasteiger partial charge on any atom is 0.446 e. The highest BCUT2D eigenvalue weighted by Gasteiger charge is 2.29. The van der Waals surface area contributed by atoms with Crippen molar-refractivity contribution in [2.24, 2.45) is 0 Å². The van der Waals surface area contributed by atoms with Crippen molar-refractivity contribution in [1.82, 2.24) is 15.5 Å². The van der Waals surface area contributed by atoms with Gasteiger partial charge in [-0.3, -0.25) is 0 Å². The van der Waals surface area contributed by atoms with Crippen molar-refractivity contribution >= 4 is 35.0 Å². The maximum atomic E-state index is 12.3. The molecule has 0 unspecified atom stereocenters. The highest BCUT2D eigenvalue weighted by molar-refractivity contribution is 8.00. The Bertz CT molecular complexity index is 812. The molecule has 1 aliphatic rings. The number of hydrogen-bond acceptors (Lipinski definition) is 6. The normalized spacial score (nSPS) is 14.0. The molecule has 7 nitrogen and oxygen atoms in total. The van der Waals surface area contributed by atoms with Crippen LogP contribution in [0.15, 0.2) is 41.4 Å². The molecule has 0 bridgehead atoms. The van der Waals surface area contributed by atoms with E-state index in [1.165, 1.54) is 37.1 Å². The third-order valence-corrected chi connectivity index (χ3v) is 4.91. The topological polar surface area (TPSA) is 82.2 Å². The number of urea groups is 1. The van der Waals surface area contributed by atoms with Gasteiger partial charge in [0, 0.05) is 42.8 Å². The van der Waals surface area contributed by atoms with Crippen LogP contribution >= 0.6 is 11.8 Å². The number of thioether (sulfide) groups is 1. The number of hydrogen-bond donors (Lipinski definition) is 3. The molecule has 3 N–H and O–H groups in total. The van der Waals surface area contributed by atoms with E-state index in [1.54, 1.807) is 6.20 Å². The van der Waals surface area contributed by atoms with E-state index in [4.69, 9.17) is 0 Å². The van der Waals surface area contributed by atoms with Crippen molar-refractivity contribution < 1.29 is 18.0 Å². The van der Waals surface area contributed by atoms with E-state index in [-0.39, 0.29) is 16.7 Å². The number of benzene rings is 1. The van der Waals surface area contributed by atoms with Gasteiger partial charge in [-0.25, -0.2) is 4.79 Å². The van der Waals surface area contributed by atoms with Crippen molar-refractivity contribution in [3.8, 4) is 0 Å². The number of rotatable bonds is 7. The first-order valence-electron chi connectivity index (χ1n) is 9.11. The van der Waals surface area contributed by atoms with Gasteiger partial charge < -0.3 is 20.9 Å². The quantitative estimate of drug-likeness (QED) is 0.460. The Morgan fingerprint density at radius 1 is 1.14 bits per heavy atom. The molecule has 0 radical (unpaired) electrons. The van der Waals surface area contributed by atoms with Crippen LogP contribution < -0.4 is 20.9 Å². The first-order chi connectivity index (χ1) is 13.9. The van der Waals surface area contributed by atoms with Crippen LogP contribution in [-0.2, 0) is 0 Å². The molecule has 0 atom stereocenters. The monoisotopic (exact) mass is 426 g/mol. The second-order valence-electron chi connectivity index (χ2n) is 6.37. The molecule has 1 aromatic heterocycles. The van der Waals surface area contributed by atoms with Crippen molar-refractivity contribution in [1.29, 1.82) is 0 Å². The SMILES string of the molecule is O=C(NCCNc1cc(N2CCCC2)cnn1)Nc1ccc(SC(F)(F)F)cc1. The van der Waals surface area contributed by atoms with E-state index in [0.717, 1.165) is 18.8 Å². The van der Waals surface area contributed by atoms with Crippen molar-refractivity contribution in [3.05, 3.63) is 36.5 Å². The molecule has 1 saturated heterocycles. The Balaban J connectivity index is 1.38. The number of alkyl halides is 3. The molecule has 0 spiro atoms. The summed E-state index contributed by atoms with van der Waals surface area (Å²) in [6.07, 6.45) is 4.09. The van der Waals surface area contributed by atoms with Gasteiger partial charge in [-0.05, 0) is 48.9 Å². The van der Waals surface area contributed by atoms with E-state index in [9.17, 15) is 18.0 Å². The Kier molecular flexibility index (Phi) is 7.02. The van der Waals surface area contributed by atoms with Crippen molar-refractivity contribution in [2.45, 2.75) is 23.2 Å². The van der Waals surface area contributed by atoms with Crippen LogP contribution in [0, 0.1) is 0 Å². The van der Waals surface area contributed by atoms with Gasteiger partial charge in [0.05, 0.1) is 11.9 Å². The first kappa shape index (κ1) is 21.0. The van der Waals surface area contributed by atoms with Gasteiger partial charge >= 0.3 is 11.5 Å². The van der Waals surface area contributed by atoms with Crippen LogP contribution in [0.2, 0.25) is 0 Å². The predicted octanol–water partition coefficient (Wildman–Crippen LogP) is 3.92. The minimum Gasteiger partial charge on any atom is -0.370 e. The number of aromatic nitrogens is 2. The number of carbonyl (C=O) groups excluding carboxylic acids is 1. The van der Waals surface area contributed by atoms with Crippen LogP contribution in [-0.4, -0.2) is 47.9 Å². The lowest BCUT2D eigenvalue weighted by Crippen LogP contribution is -2.32. The number of anilines is 3. The third kappa shape index (κ3) is 7.00. The summed E-state index contributed by atoms with van der Waals surface area (Å²) in [4.78, 5) is 14.2. The molecule has 0 aliphatic carbocycles. The summed E-state index contributed by atoms with van der Waals surface area (Å²) in [5.41, 5.74) is -2.90. The van der Waals surface area contributed by atoms with E-state index in [0.29, 0.717) is 24.6 Å². The molecule has 2 amide bonds. The molecule has 2 heterocycles. The van der Waals surface area contributed by atoms with E-state index < -0.39 is 11.5 Å². The molecule has 2 aromatic rings. The summed E-state index contributed by atoms with van der Waals surface area (Å²) in [5, 5.41) is 16.4. The molecule has 1 aromatic carbocycles. The standard InChI is InChI=1S/C18H21F3N6OS/c19-18(20,21)29-15-5-3-13(4-6-15)25-17(28)23-8-7-22-16-11-14(12-24-26-16)27-9-1-2-10-27/h3-6,11-12H,1-2,7-10H2,(H,22,26)(H2,23,25,28). The Labute approximate surface area is 170 Å². The summed E-state index contributed by atoms with van der Waals surface area (Å²) in [7, 11) is 0. The van der Waals surface area contributed by atoms with Crippen molar-refractivity contribution in [2.75, 3.05) is 41.7 Å². The fraction of sp³-hybridized carbons (Fsp3) is 0.389. The maximum absolute atomic E-state index is 12.3. The minimum atomic E-state index is -4.34. The van der Waals surface area contributed by atoms with Gasteiger partial charge in [0.2, 0.25) is 0 Å². The first-order valence-corrected chi connectivity index (χ1v) is 9.93. The average molecular weight is 426 g/mol. The highest BCUT2D eigenvalue weighted by atomic mass is 32.2. The largest absolute Gasteiger partial charge is 0.446 e. The predicted molar refractivity (Wildman–Crippen MR) is 107 cm³/mol. The zero-order valence-electron chi connectivity index (χ0n) is 15.5. The van der Waals surface area contributed by atoms with Gasteiger partial charge in [-0.1, -0.05) is 0 Å². The zero-order valence-corrected chi connectivity index (χ0v) is 16.3. The Morgan fingerprint density at radius 3 is 2.55 bits per heavy atom. The van der Waals surface area contributed by atoms with Crippen molar-refractivity contribution in [3.63, 3.8) is 0 Å². The average Bonchev–Trinajstić information content (AvgIpc) is 3.21. The van der Waals surface area contributed by atoms with Gasteiger partial charge in [-0.15, -0.1) is 5.10 Å². The van der Waals surface area contributed by atoms with Gasteiger partial charge in [0.1, 0.15) is 0 Å². The molecular weight excluding hydrogens is 405 g/mol. The molecule has 11 heteroatoms. The van der Waals surface area contributed by atoms with E-state index in [1.807, 2.05) is 6.07 Å². The zero-order chi connectivity index (χ0) is 20.7. The number of carbonyl (C=O) groups is 1. The summed E-state index contributed by atoms with van der Waals surface area (Å²) in [6, 6.07) is 6.94. The summed E-state index contributed by atoms with van der Waals surface area (Å²) in [5.74, 6) is 0.634. The summed E-state index contributed by atoms with van der Waals surface area (Å²) < 4.78 is 36.9. The Morgan fingerprint density at radius 2 is 1.86 bits per heavy atom. The molecule has 3 rings (SSSR count). The van der Waals surface area contributed by atoms with Gasteiger partial charge in [0.15, 0.2) is 5.82 Å². The van der Waals surface area contributed by atoms with Crippen LogP contribution in [0.4, 0.5) is 35.2 Å².